The molecule has 1 aliphatic rings. The van der Waals surface area contributed by atoms with Crippen LogP contribution in [0.4, 0.5) is 11.5 Å². The van der Waals surface area contributed by atoms with Gasteiger partial charge in [0.15, 0.2) is 23.0 Å². The third-order valence-electron chi connectivity index (χ3n) is 4.95. The van der Waals surface area contributed by atoms with Gasteiger partial charge in [0.2, 0.25) is 5.91 Å². The second-order valence-electron chi connectivity index (χ2n) is 6.64. The van der Waals surface area contributed by atoms with Crippen molar-refractivity contribution in [1.82, 2.24) is 19.9 Å². The smallest absolute Gasteiger partial charge is 0.229 e. The monoisotopic (exact) mass is 382 g/mol. The Bertz CT molecular complexity index is 989. The molecule has 1 amide bonds. The number of aromatic amines is 1. The number of benzene rings is 1. The van der Waals surface area contributed by atoms with Crippen LogP contribution in [0.15, 0.2) is 30.9 Å². The Morgan fingerprint density at radius 1 is 1.21 bits per heavy atom. The lowest BCUT2D eigenvalue weighted by atomic mass is 9.97. The molecule has 0 spiro atoms. The number of hydrogen-bond donors (Lipinski definition) is 2. The minimum absolute atomic E-state index is 0.0215. The lowest BCUT2D eigenvalue weighted by molar-refractivity contribution is -0.120. The average molecular weight is 382 g/mol. The molecule has 1 fully saturated rings. The Balaban J connectivity index is 1.49. The maximum absolute atomic E-state index is 12.8. The molecule has 1 atom stereocenters. The zero-order chi connectivity index (χ0) is 19.5. The van der Waals surface area contributed by atoms with Crippen molar-refractivity contribution in [1.29, 1.82) is 0 Å². The van der Waals surface area contributed by atoms with Gasteiger partial charge in [0.25, 0.3) is 0 Å². The van der Waals surface area contributed by atoms with E-state index in [1.165, 1.54) is 6.33 Å². The highest BCUT2D eigenvalue weighted by Crippen LogP contribution is 2.31. The van der Waals surface area contributed by atoms with Crippen LogP contribution in [0.2, 0.25) is 0 Å². The maximum atomic E-state index is 12.8. The quantitative estimate of drug-likeness (QED) is 0.697. The van der Waals surface area contributed by atoms with E-state index in [-0.39, 0.29) is 11.8 Å². The van der Waals surface area contributed by atoms with E-state index in [0.717, 1.165) is 30.7 Å². The van der Waals surface area contributed by atoms with Gasteiger partial charge in [-0.3, -0.25) is 4.79 Å². The number of imidazole rings is 1. The first-order chi connectivity index (χ1) is 13.7. The summed E-state index contributed by atoms with van der Waals surface area (Å²) in [5.74, 6) is 1.82. The molecule has 1 saturated heterocycles. The molecule has 1 aromatic carbocycles. The Labute approximate surface area is 162 Å². The minimum atomic E-state index is -0.144. The van der Waals surface area contributed by atoms with Gasteiger partial charge in [-0.25, -0.2) is 15.0 Å². The van der Waals surface area contributed by atoms with Gasteiger partial charge < -0.3 is 24.7 Å². The molecule has 2 aromatic heterocycles. The number of piperidine rings is 1. The molecule has 0 radical (unpaired) electrons. The average Bonchev–Trinajstić information content (AvgIpc) is 3.22. The topological polar surface area (TPSA) is 105 Å². The lowest BCUT2D eigenvalue weighted by Crippen LogP contribution is -2.41. The molecule has 146 valence electrons. The Kier molecular flexibility index (Phi) is 4.96. The molecule has 0 unspecified atom stereocenters. The third kappa shape index (κ3) is 3.42. The van der Waals surface area contributed by atoms with Gasteiger partial charge in [-0.1, -0.05) is 0 Å². The van der Waals surface area contributed by atoms with Crippen molar-refractivity contribution in [3.05, 3.63) is 30.9 Å². The molecule has 9 nitrogen and oxygen atoms in total. The van der Waals surface area contributed by atoms with Crippen LogP contribution in [0.3, 0.4) is 0 Å². The van der Waals surface area contributed by atoms with Crippen molar-refractivity contribution in [2.45, 2.75) is 12.8 Å². The molecular formula is C19H22N6O3. The predicted molar refractivity (Wildman–Crippen MR) is 105 cm³/mol. The van der Waals surface area contributed by atoms with Crippen molar-refractivity contribution in [2.24, 2.45) is 5.92 Å². The number of carbonyl (C=O) groups excluding carboxylic acids is 1. The van der Waals surface area contributed by atoms with E-state index in [1.807, 2.05) is 0 Å². The van der Waals surface area contributed by atoms with Crippen LogP contribution in [0.1, 0.15) is 12.8 Å². The van der Waals surface area contributed by atoms with E-state index in [1.54, 1.807) is 38.7 Å². The van der Waals surface area contributed by atoms with Crippen molar-refractivity contribution in [3.63, 3.8) is 0 Å². The Morgan fingerprint density at radius 2 is 2.07 bits per heavy atom. The largest absolute Gasteiger partial charge is 0.493 e. The summed E-state index contributed by atoms with van der Waals surface area (Å²) in [6, 6.07) is 5.34. The molecule has 0 saturated carbocycles. The van der Waals surface area contributed by atoms with Gasteiger partial charge in [-0.05, 0) is 25.0 Å². The fourth-order valence-corrected chi connectivity index (χ4v) is 3.53. The Hall–Kier alpha value is -3.36. The molecule has 3 heterocycles. The first-order valence-corrected chi connectivity index (χ1v) is 9.11. The van der Waals surface area contributed by atoms with E-state index < -0.39 is 0 Å². The summed E-state index contributed by atoms with van der Waals surface area (Å²) < 4.78 is 10.5. The highest BCUT2D eigenvalue weighted by atomic mass is 16.5. The number of anilines is 2. The number of rotatable bonds is 5. The fraction of sp³-hybridized carbons (Fsp3) is 0.368. The van der Waals surface area contributed by atoms with Crippen LogP contribution in [-0.4, -0.2) is 53.2 Å². The molecule has 1 aliphatic heterocycles. The number of carbonyl (C=O) groups is 1. The SMILES string of the molecule is COc1ccc(NC(=O)[C@H]2CCCN(c3ncnc4nc[nH]c34)C2)cc1OC. The van der Waals surface area contributed by atoms with Crippen LogP contribution in [0, 0.1) is 5.92 Å². The number of aromatic nitrogens is 4. The summed E-state index contributed by atoms with van der Waals surface area (Å²) in [7, 11) is 3.15. The number of amides is 1. The highest BCUT2D eigenvalue weighted by molar-refractivity contribution is 5.93. The predicted octanol–water partition coefficient (Wildman–Crippen LogP) is 2.23. The van der Waals surface area contributed by atoms with Gasteiger partial charge in [0, 0.05) is 24.8 Å². The van der Waals surface area contributed by atoms with Crippen molar-refractivity contribution >= 4 is 28.6 Å². The van der Waals surface area contributed by atoms with Crippen LogP contribution in [0.25, 0.3) is 11.2 Å². The zero-order valence-electron chi connectivity index (χ0n) is 15.8. The van der Waals surface area contributed by atoms with Crippen molar-refractivity contribution in [2.75, 3.05) is 37.5 Å². The summed E-state index contributed by atoms with van der Waals surface area (Å²) in [6.07, 6.45) is 4.84. The van der Waals surface area contributed by atoms with Crippen LogP contribution in [0.5, 0.6) is 11.5 Å². The number of methoxy groups -OCH3 is 2. The molecule has 4 rings (SSSR count). The van der Waals surface area contributed by atoms with E-state index >= 15 is 0 Å². The maximum Gasteiger partial charge on any atom is 0.229 e. The van der Waals surface area contributed by atoms with Crippen LogP contribution >= 0.6 is 0 Å². The second-order valence-corrected chi connectivity index (χ2v) is 6.64. The minimum Gasteiger partial charge on any atom is -0.493 e. The highest BCUT2D eigenvalue weighted by Gasteiger charge is 2.28. The van der Waals surface area contributed by atoms with Gasteiger partial charge >= 0.3 is 0 Å². The van der Waals surface area contributed by atoms with Crippen molar-refractivity contribution < 1.29 is 14.3 Å². The Morgan fingerprint density at radius 3 is 2.89 bits per heavy atom. The zero-order valence-corrected chi connectivity index (χ0v) is 15.8. The van der Waals surface area contributed by atoms with E-state index in [0.29, 0.717) is 29.4 Å². The number of ether oxygens (including phenoxy) is 2. The second kappa shape index (κ2) is 7.71. The van der Waals surface area contributed by atoms with Crippen LogP contribution < -0.4 is 19.7 Å². The number of H-pyrrole nitrogens is 1. The van der Waals surface area contributed by atoms with Gasteiger partial charge in [0.05, 0.1) is 26.5 Å². The number of nitrogens with one attached hydrogen (secondary N) is 2. The summed E-state index contributed by atoms with van der Waals surface area (Å²) in [4.78, 5) is 30.8. The fourth-order valence-electron chi connectivity index (χ4n) is 3.53. The molecule has 28 heavy (non-hydrogen) atoms. The molecular weight excluding hydrogens is 360 g/mol. The standard InChI is InChI=1S/C19H22N6O3/c1-27-14-6-5-13(8-15(14)28-2)24-19(26)12-4-3-7-25(9-12)18-16-17(21-10-20-16)22-11-23-18/h5-6,8,10-12H,3-4,7,9H2,1-2H3,(H,24,26)(H,20,21,22,23)/t12-/m0/s1. The molecule has 2 N–H and O–H groups in total. The third-order valence-corrected chi connectivity index (χ3v) is 4.95. The first-order valence-electron chi connectivity index (χ1n) is 9.11. The van der Waals surface area contributed by atoms with E-state index in [2.05, 4.69) is 30.2 Å². The summed E-state index contributed by atoms with van der Waals surface area (Å²) in [5, 5.41) is 2.99. The van der Waals surface area contributed by atoms with Gasteiger partial charge in [0.1, 0.15) is 11.8 Å². The van der Waals surface area contributed by atoms with Gasteiger partial charge in [-0.2, -0.15) is 0 Å². The van der Waals surface area contributed by atoms with Gasteiger partial charge in [-0.15, -0.1) is 0 Å². The first kappa shape index (κ1) is 18.0. The number of nitrogens with zero attached hydrogens (tertiary/aromatic N) is 4. The number of hydrogen-bond acceptors (Lipinski definition) is 7. The van der Waals surface area contributed by atoms with Crippen molar-refractivity contribution in [3.8, 4) is 11.5 Å². The number of fused-ring (bicyclic) bond motifs is 1. The lowest BCUT2D eigenvalue weighted by Gasteiger charge is -2.32. The molecule has 0 aliphatic carbocycles. The van der Waals surface area contributed by atoms with E-state index in [4.69, 9.17) is 9.47 Å². The molecule has 3 aromatic rings. The van der Waals surface area contributed by atoms with Crippen LogP contribution in [-0.2, 0) is 4.79 Å². The summed E-state index contributed by atoms with van der Waals surface area (Å²) >= 11 is 0. The summed E-state index contributed by atoms with van der Waals surface area (Å²) in [6.45, 7) is 1.43. The normalized spacial score (nSPS) is 16.8. The molecule has 0 bridgehead atoms. The summed E-state index contributed by atoms with van der Waals surface area (Å²) in [5.41, 5.74) is 2.10. The molecule has 9 heteroatoms. The van der Waals surface area contributed by atoms with E-state index in [9.17, 15) is 4.79 Å².